The first-order valence-electron chi connectivity index (χ1n) is 8.02. The number of nitrogens with zero attached hydrogens (tertiary/aromatic N) is 4. The lowest BCUT2D eigenvalue weighted by Gasteiger charge is -2.21. The lowest BCUT2D eigenvalue weighted by molar-refractivity contribution is 0.473. The van der Waals surface area contributed by atoms with Crippen LogP contribution in [0.4, 0.5) is 0 Å². The molecule has 7 heteroatoms. The van der Waals surface area contributed by atoms with Crippen LogP contribution in [0.1, 0.15) is 11.3 Å². The second-order valence-corrected chi connectivity index (χ2v) is 5.85. The van der Waals surface area contributed by atoms with Crippen LogP contribution in [0.2, 0.25) is 0 Å². The summed E-state index contributed by atoms with van der Waals surface area (Å²) < 4.78 is 7.64. The smallest absolute Gasteiger partial charge is 0.193 e. The van der Waals surface area contributed by atoms with Crippen molar-refractivity contribution < 1.29 is 4.42 Å². The van der Waals surface area contributed by atoms with E-state index in [0.29, 0.717) is 0 Å². The zero-order valence-corrected chi connectivity index (χ0v) is 17.1. The van der Waals surface area contributed by atoms with E-state index in [2.05, 4.69) is 32.4 Å². The van der Waals surface area contributed by atoms with Gasteiger partial charge in [-0.15, -0.1) is 24.0 Å². The number of benzene rings is 1. The van der Waals surface area contributed by atoms with Crippen LogP contribution in [0.25, 0.3) is 11.0 Å². The lowest BCUT2D eigenvalue weighted by Crippen LogP contribution is -2.39. The van der Waals surface area contributed by atoms with Crippen molar-refractivity contribution in [3.8, 4) is 0 Å². The standard InChI is InChI=1S/C18H23N5O.HI/c1-19-18(22(2)12-14-11-21-23(3)13-14)20-9-8-16-10-15-6-4-5-7-17(15)24-16;/h4-7,10-11,13H,8-9,12H2,1-3H3,(H,19,20);1H. The van der Waals surface area contributed by atoms with Gasteiger partial charge in [0.15, 0.2) is 5.96 Å². The second kappa shape index (κ2) is 8.89. The fourth-order valence-electron chi connectivity index (χ4n) is 2.74. The first kappa shape index (κ1) is 19.3. The zero-order valence-electron chi connectivity index (χ0n) is 14.8. The van der Waals surface area contributed by atoms with Crippen LogP contribution in [-0.4, -0.2) is 41.3 Å². The predicted molar refractivity (Wildman–Crippen MR) is 111 cm³/mol. The molecule has 0 unspecified atom stereocenters. The summed E-state index contributed by atoms with van der Waals surface area (Å²) in [6.07, 6.45) is 4.70. The molecule has 134 valence electrons. The van der Waals surface area contributed by atoms with Crippen LogP contribution in [0, 0.1) is 0 Å². The highest BCUT2D eigenvalue weighted by Gasteiger charge is 2.08. The molecule has 6 nitrogen and oxygen atoms in total. The molecule has 1 aromatic carbocycles. The molecule has 0 aliphatic rings. The summed E-state index contributed by atoms with van der Waals surface area (Å²) in [4.78, 5) is 6.42. The molecular weight excluding hydrogens is 429 g/mol. The van der Waals surface area contributed by atoms with Crippen molar-refractivity contribution in [1.29, 1.82) is 0 Å². The highest BCUT2D eigenvalue weighted by Crippen LogP contribution is 2.18. The number of aliphatic imine (C=N–C) groups is 1. The second-order valence-electron chi connectivity index (χ2n) is 5.85. The Bertz CT molecular complexity index is 806. The van der Waals surface area contributed by atoms with Crippen molar-refractivity contribution in [1.82, 2.24) is 20.0 Å². The molecule has 3 rings (SSSR count). The van der Waals surface area contributed by atoms with Gasteiger partial charge in [-0.05, 0) is 12.1 Å². The van der Waals surface area contributed by atoms with Crippen molar-refractivity contribution in [3.63, 3.8) is 0 Å². The molecule has 0 atom stereocenters. The minimum Gasteiger partial charge on any atom is -0.461 e. The van der Waals surface area contributed by atoms with Crippen molar-refractivity contribution in [2.45, 2.75) is 13.0 Å². The van der Waals surface area contributed by atoms with Crippen LogP contribution >= 0.6 is 24.0 Å². The number of nitrogens with one attached hydrogen (secondary N) is 1. The van der Waals surface area contributed by atoms with E-state index in [1.807, 2.05) is 44.7 Å². The summed E-state index contributed by atoms with van der Waals surface area (Å²) in [6, 6.07) is 10.2. The summed E-state index contributed by atoms with van der Waals surface area (Å²) in [5.74, 6) is 1.84. The predicted octanol–water partition coefficient (Wildman–Crippen LogP) is 3.03. The Balaban J connectivity index is 0.00000225. The Morgan fingerprint density at radius 1 is 1.36 bits per heavy atom. The largest absolute Gasteiger partial charge is 0.461 e. The van der Waals surface area contributed by atoms with Gasteiger partial charge >= 0.3 is 0 Å². The van der Waals surface area contributed by atoms with Gasteiger partial charge in [-0.1, -0.05) is 18.2 Å². The summed E-state index contributed by atoms with van der Waals surface area (Å²) in [5.41, 5.74) is 2.09. The number of guanidine groups is 1. The molecule has 0 saturated heterocycles. The molecule has 0 fully saturated rings. The van der Waals surface area contributed by atoms with Crippen LogP contribution < -0.4 is 5.32 Å². The number of furan rings is 1. The number of aromatic nitrogens is 2. The van der Waals surface area contributed by atoms with E-state index in [9.17, 15) is 0 Å². The first-order chi connectivity index (χ1) is 11.7. The maximum Gasteiger partial charge on any atom is 0.193 e. The van der Waals surface area contributed by atoms with E-state index in [4.69, 9.17) is 4.42 Å². The third-order valence-corrected chi connectivity index (χ3v) is 3.88. The number of fused-ring (bicyclic) bond motifs is 1. The highest BCUT2D eigenvalue weighted by atomic mass is 127. The number of halogens is 1. The molecule has 0 aliphatic heterocycles. The molecule has 1 N–H and O–H groups in total. The minimum atomic E-state index is 0. The Morgan fingerprint density at radius 2 is 2.16 bits per heavy atom. The van der Waals surface area contributed by atoms with Gasteiger partial charge in [0.1, 0.15) is 11.3 Å². The first-order valence-corrected chi connectivity index (χ1v) is 8.02. The van der Waals surface area contributed by atoms with Gasteiger partial charge < -0.3 is 14.6 Å². The Labute approximate surface area is 164 Å². The monoisotopic (exact) mass is 453 g/mol. The number of aryl methyl sites for hydroxylation is 1. The van der Waals surface area contributed by atoms with Crippen LogP contribution in [-0.2, 0) is 20.0 Å². The molecule has 0 bridgehead atoms. The molecule has 0 saturated carbocycles. The summed E-state index contributed by atoms with van der Waals surface area (Å²) in [6.45, 7) is 1.53. The lowest BCUT2D eigenvalue weighted by atomic mass is 10.2. The SMILES string of the molecule is CN=C(NCCc1cc2ccccc2o1)N(C)Cc1cnn(C)c1.I. The number of para-hydroxylation sites is 1. The van der Waals surface area contributed by atoms with Crippen LogP contribution in [0.5, 0.6) is 0 Å². The number of hydrogen-bond acceptors (Lipinski definition) is 3. The maximum absolute atomic E-state index is 5.84. The van der Waals surface area contributed by atoms with Gasteiger partial charge in [0.2, 0.25) is 0 Å². The van der Waals surface area contributed by atoms with Gasteiger partial charge in [0.25, 0.3) is 0 Å². The van der Waals surface area contributed by atoms with E-state index in [1.54, 1.807) is 11.7 Å². The minimum absolute atomic E-state index is 0. The Morgan fingerprint density at radius 3 is 2.84 bits per heavy atom. The quantitative estimate of drug-likeness (QED) is 0.367. The van der Waals surface area contributed by atoms with E-state index in [0.717, 1.165) is 47.8 Å². The molecule has 0 radical (unpaired) electrons. The molecule has 3 aromatic rings. The van der Waals surface area contributed by atoms with Gasteiger partial charge in [-0.2, -0.15) is 5.10 Å². The average molecular weight is 453 g/mol. The van der Waals surface area contributed by atoms with Crippen molar-refractivity contribution in [3.05, 3.63) is 54.0 Å². The number of hydrogen-bond donors (Lipinski definition) is 1. The molecular formula is C18H24IN5O. The molecule has 2 heterocycles. The summed E-state index contributed by atoms with van der Waals surface area (Å²) >= 11 is 0. The topological polar surface area (TPSA) is 58.6 Å². The molecule has 0 amide bonds. The van der Waals surface area contributed by atoms with Crippen molar-refractivity contribution in [2.75, 3.05) is 20.6 Å². The van der Waals surface area contributed by atoms with Gasteiger partial charge in [0, 0.05) is 57.8 Å². The maximum atomic E-state index is 5.84. The van der Waals surface area contributed by atoms with Crippen LogP contribution in [0.15, 0.2) is 52.1 Å². The van der Waals surface area contributed by atoms with Crippen LogP contribution in [0.3, 0.4) is 0 Å². The Hall–Kier alpha value is -2.03. The van der Waals surface area contributed by atoms with Crippen molar-refractivity contribution >= 4 is 40.9 Å². The van der Waals surface area contributed by atoms with Crippen molar-refractivity contribution in [2.24, 2.45) is 12.0 Å². The zero-order chi connectivity index (χ0) is 16.9. The molecule has 25 heavy (non-hydrogen) atoms. The molecule has 2 aromatic heterocycles. The van der Waals surface area contributed by atoms with Gasteiger partial charge in [0.05, 0.1) is 6.20 Å². The van der Waals surface area contributed by atoms with Gasteiger partial charge in [-0.25, -0.2) is 0 Å². The number of rotatable bonds is 5. The molecule has 0 aliphatic carbocycles. The van der Waals surface area contributed by atoms with E-state index in [1.165, 1.54) is 0 Å². The third-order valence-electron chi connectivity index (χ3n) is 3.88. The summed E-state index contributed by atoms with van der Waals surface area (Å²) in [7, 11) is 5.73. The Kier molecular flexibility index (Phi) is 6.86. The van der Waals surface area contributed by atoms with E-state index < -0.39 is 0 Å². The fourth-order valence-corrected chi connectivity index (χ4v) is 2.74. The van der Waals surface area contributed by atoms with E-state index in [-0.39, 0.29) is 24.0 Å². The average Bonchev–Trinajstić information content (AvgIpc) is 3.16. The third kappa shape index (κ3) is 4.97. The van der Waals surface area contributed by atoms with Gasteiger partial charge in [-0.3, -0.25) is 9.67 Å². The van der Waals surface area contributed by atoms with E-state index >= 15 is 0 Å². The molecule has 0 spiro atoms. The highest BCUT2D eigenvalue weighted by molar-refractivity contribution is 14.0. The normalized spacial score (nSPS) is 11.4. The fraction of sp³-hybridized carbons (Fsp3) is 0.333. The summed E-state index contributed by atoms with van der Waals surface area (Å²) in [5, 5.41) is 8.72.